The molecule has 0 N–H and O–H groups in total. The number of carbonyl (C=O) groups excluding carboxylic acids is 3. The molecule has 30 heavy (non-hydrogen) atoms. The Hall–Kier alpha value is -2.83. The van der Waals surface area contributed by atoms with E-state index in [-0.39, 0.29) is 24.1 Å². The molecular formula is C24H25NO5. The minimum Gasteiger partial charge on any atom is -0.461 e. The van der Waals surface area contributed by atoms with E-state index in [0.29, 0.717) is 36.4 Å². The largest absolute Gasteiger partial charge is 0.461 e. The summed E-state index contributed by atoms with van der Waals surface area (Å²) in [6.45, 7) is 5.34. The van der Waals surface area contributed by atoms with Crippen LogP contribution in [0.3, 0.4) is 0 Å². The van der Waals surface area contributed by atoms with E-state index in [9.17, 15) is 14.4 Å². The standard InChI is InChI=1S/C24H25NO5/c1-17(16-25-11-13-29-14-12-25)30-21(26)15-24(18-7-3-2-4-8-18)22(27)19-9-5-6-10-20(19)23(24)28/h2-10,17H,11-16H2,1H3/t17-/m0/s1. The molecule has 2 aromatic rings. The summed E-state index contributed by atoms with van der Waals surface area (Å²) in [5, 5.41) is 0. The first kappa shape index (κ1) is 20.4. The number of hydrogen-bond donors (Lipinski definition) is 0. The van der Waals surface area contributed by atoms with Crippen molar-refractivity contribution in [1.29, 1.82) is 0 Å². The molecule has 0 saturated carbocycles. The Kier molecular flexibility index (Phi) is 5.79. The topological polar surface area (TPSA) is 72.9 Å². The van der Waals surface area contributed by atoms with Gasteiger partial charge in [-0.1, -0.05) is 54.6 Å². The quantitative estimate of drug-likeness (QED) is 0.542. The summed E-state index contributed by atoms with van der Waals surface area (Å²) in [7, 11) is 0. The van der Waals surface area contributed by atoms with E-state index in [1.165, 1.54) is 0 Å². The van der Waals surface area contributed by atoms with Gasteiger partial charge in [0.25, 0.3) is 0 Å². The Bertz CT molecular complexity index is 914. The first-order chi connectivity index (χ1) is 14.5. The van der Waals surface area contributed by atoms with Crippen LogP contribution in [0.25, 0.3) is 0 Å². The molecule has 1 atom stereocenters. The molecule has 0 spiro atoms. The molecule has 1 heterocycles. The van der Waals surface area contributed by atoms with Crippen LogP contribution in [-0.4, -0.2) is 61.4 Å². The van der Waals surface area contributed by atoms with Gasteiger partial charge in [0.2, 0.25) is 0 Å². The van der Waals surface area contributed by atoms with Crippen molar-refractivity contribution < 1.29 is 23.9 Å². The van der Waals surface area contributed by atoms with E-state index < -0.39 is 11.4 Å². The highest BCUT2D eigenvalue weighted by Crippen LogP contribution is 2.42. The highest BCUT2D eigenvalue weighted by Gasteiger charge is 2.55. The lowest BCUT2D eigenvalue weighted by Gasteiger charge is -2.30. The van der Waals surface area contributed by atoms with Gasteiger partial charge in [-0.3, -0.25) is 19.3 Å². The summed E-state index contributed by atoms with van der Waals surface area (Å²) < 4.78 is 11.0. The Morgan fingerprint density at radius 2 is 1.57 bits per heavy atom. The molecule has 2 aliphatic rings. The van der Waals surface area contributed by atoms with E-state index in [4.69, 9.17) is 9.47 Å². The smallest absolute Gasteiger partial charge is 0.307 e. The molecule has 0 bridgehead atoms. The molecule has 1 fully saturated rings. The number of morpholine rings is 1. The van der Waals surface area contributed by atoms with Gasteiger partial charge in [-0.25, -0.2) is 0 Å². The van der Waals surface area contributed by atoms with Gasteiger partial charge in [-0.15, -0.1) is 0 Å². The molecule has 6 heteroatoms. The maximum Gasteiger partial charge on any atom is 0.307 e. The Morgan fingerprint density at radius 3 is 2.17 bits per heavy atom. The number of Topliss-reactive ketones (excluding diaryl/α,β-unsaturated/α-hetero) is 2. The van der Waals surface area contributed by atoms with Gasteiger partial charge in [0.15, 0.2) is 11.6 Å². The molecule has 6 nitrogen and oxygen atoms in total. The van der Waals surface area contributed by atoms with Crippen LogP contribution in [0.5, 0.6) is 0 Å². The third-order valence-electron chi connectivity index (χ3n) is 5.82. The lowest BCUT2D eigenvalue weighted by atomic mass is 9.73. The SMILES string of the molecule is C[C@@H](CN1CCOCC1)OC(=O)CC1(c2ccccc2)C(=O)c2ccccc2C1=O. The van der Waals surface area contributed by atoms with Crippen molar-refractivity contribution in [2.24, 2.45) is 0 Å². The lowest BCUT2D eigenvalue weighted by Crippen LogP contribution is -2.43. The van der Waals surface area contributed by atoms with E-state index in [2.05, 4.69) is 4.90 Å². The van der Waals surface area contributed by atoms with Gasteiger partial charge in [0.1, 0.15) is 11.5 Å². The molecule has 0 aromatic heterocycles. The first-order valence-corrected chi connectivity index (χ1v) is 10.3. The Morgan fingerprint density at radius 1 is 1.00 bits per heavy atom. The summed E-state index contributed by atoms with van der Waals surface area (Å²) >= 11 is 0. The average molecular weight is 407 g/mol. The second-order valence-electron chi connectivity index (χ2n) is 7.87. The zero-order valence-electron chi connectivity index (χ0n) is 17.0. The number of ketones is 2. The molecular weight excluding hydrogens is 382 g/mol. The van der Waals surface area contributed by atoms with Gasteiger partial charge < -0.3 is 9.47 Å². The van der Waals surface area contributed by atoms with Gasteiger partial charge in [-0.05, 0) is 12.5 Å². The Balaban J connectivity index is 1.57. The monoisotopic (exact) mass is 407 g/mol. The number of esters is 1. The summed E-state index contributed by atoms with van der Waals surface area (Å²) in [5.41, 5.74) is -0.323. The summed E-state index contributed by atoms with van der Waals surface area (Å²) in [6, 6.07) is 15.6. The number of rotatable bonds is 6. The highest BCUT2D eigenvalue weighted by atomic mass is 16.5. The normalized spacial score (nSPS) is 19.4. The molecule has 0 unspecified atom stereocenters. The molecule has 1 aliphatic heterocycles. The van der Waals surface area contributed by atoms with Crippen molar-refractivity contribution in [3.63, 3.8) is 0 Å². The third kappa shape index (κ3) is 3.68. The van der Waals surface area contributed by atoms with Gasteiger partial charge >= 0.3 is 5.97 Å². The number of hydrogen-bond acceptors (Lipinski definition) is 6. The Labute approximate surface area is 175 Å². The average Bonchev–Trinajstić information content (AvgIpc) is 2.98. The molecule has 1 saturated heterocycles. The van der Waals surface area contributed by atoms with Crippen molar-refractivity contribution in [1.82, 2.24) is 4.90 Å². The van der Waals surface area contributed by atoms with Crippen LogP contribution in [-0.2, 0) is 19.7 Å². The van der Waals surface area contributed by atoms with Gasteiger partial charge in [0, 0.05) is 30.8 Å². The van der Waals surface area contributed by atoms with E-state index in [1.54, 1.807) is 48.5 Å². The molecule has 0 amide bonds. The van der Waals surface area contributed by atoms with Gasteiger partial charge in [-0.2, -0.15) is 0 Å². The minimum absolute atomic E-state index is 0.309. The predicted octanol–water partition coefficient (Wildman–Crippen LogP) is 2.66. The van der Waals surface area contributed by atoms with E-state index >= 15 is 0 Å². The van der Waals surface area contributed by atoms with Crippen molar-refractivity contribution in [2.75, 3.05) is 32.8 Å². The maximum absolute atomic E-state index is 13.4. The predicted molar refractivity (Wildman–Crippen MR) is 111 cm³/mol. The zero-order chi connectivity index (χ0) is 21.1. The second kappa shape index (κ2) is 8.50. The number of ether oxygens (including phenoxy) is 2. The fraction of sp³-hybridized carbons (Fsp3) is 0.375. The number of nitrogens with zero attached hydrogens (tertiary/aromatic N) is 1. The van der Waals surface area contributed by atoms with Crippen LogP contribution in [0.2, 0.25) is 0 Å². The van der Waals surface area contributed by atoms with Crippen LogP contribution < -0.4 is 0 Å². The van der Waals surface area contributed by atoms with E-state index in [1.807, 2.05) is 13.0 Å². The summed E-state index contributed by atoms with van der Waals surface area (Å²) in [5.74, 6) is -1.23. The number of benzene rings is 2. The lowest BCUT2D eigenvalue weighted by molar-refractivity contribution is -0.150. The highest BCUT2D eigenvalue weighted by molar-refractivity contribution is 6.34. The molecule has 4 rings (SSSR count). The zero-order valence-corrected chi connectivity index (χ0v) is 17.0. The van der Waals surface area contributed by atoms with Crippen LogP contribution in [0.4, 0.5) is 0 Å². The van der Waals surface area contributed by atoms with Crippen LogP contribution >= 0.6 is 0 Å². The minimum atomic E-state index is -1.57. The number of fused-ring (bicyclic) bond motifs is 1. The summed E-state index contributed by atoms with van der Waals surface area (Å²) in [6.07, 6.45) is -0.658. The van der Waals surface area contributed by atoms with E-state index in [0.717, 1.165) is 13.1 Å². The molecule has 0 radical (unpaired) electrons. The third-order valence-corrected chi connectivity index (χ3v) is 5.82. The maximum atomic E-state index is 13.4. The first-order valence-electron chi connectivity index (χ1n) is 10.3. The van der Waals surface area contributed by atoms with Crippen molar-refractivity contribution in [3.05, 3.63) is 71.3 Å². The molecule has 2 aromatic carbocycles. The fourth-order valence-corrected chi connectivity index (χ4v) is 4.36. The number of carbonyl (C=O) groups is 3. The summed E-state index contributed by atoms with van der Waals surface area (Å²) in [4.78, 5) is 41.9. The van der Waals surface area contributed by atoms with Crippen molar-refractivity contribution in [3.8, 4) is 0 Å². The molecule has 1 aliphatic carbocycles. The van der Waals surface area contributed by atoms with Crippen LogP contribution in [0.15, 0.2) is 54.6 Å². The van der Waals surface area contributed by atoms with Crippen molar-refractivity contribution in [2.45, 2.75) is 24.9 Å². The van der Waals surface area contributed by atoms with Crippen LogP contribution in [0.1, 0.15) is 39.6 Å². The molecule has 156 valence electrons. The van der Waals surface area contributed by atoms with Crippen LogP contribution in [0, 0.1) is 0 Å². The van der Waals surface area contributed by atoms with Gasteiger partial charge in [0.05, 0.1) is 19.6 Å². The van der Waals surface area contributed by atoms with Crippen molar-refractivity contribution >= 4 is 17.5 Å². The second-order valence-corrected chi connectivity index (χ2v) is 7.87. The fourth-order valence-electron chi connectivity index (χ4n) is 4.36.